The topological polar surface area (TPSA) is 21.3 Å². The highest BCUT2D eigenvalue weighted by Gasteiger charge is 2.10. The van der Waals surface area contributed by atoms with Gasteiger partial charge in [0.1, 0.15) is 0 Å². The van der Waals surface area contributed by atoms with Gasteiger partial charge in [0, 0.05) is 20.3 Å². The summed E-state index contributed by atoms with van der Waals surface area (Å²) in [4.78, 5) is 0. The minimum Gasteiger partial charge on any atom is -0.385 e. The van der Waals surface area contributed by atoms with E-state index in [1.807, 2.05) is 0 Å². The number of methoxy groups -OCH3 is 1. The molecule has 0 bridgehead atoms. The van der Waals surface area contributed by atoms with E-state index in [9.17, 15) is 0 Å². The van der Waals surface area contributed by atoms with E-state index in [1.165, 1.54) is 12.0 Å². The molecule has 0 fully saturated rings. The molecule has 0 aliphatic rings. The number of hydrogen-bond acceptors (Lipinski definition) is 2. The molecule has 1 aromatic rings. The van der Waals surface area contributed by atoms with E-state index in [0.29, 0.717) is 5.92 Å². The molecule has 0 spiro atoms. The van der Waals surface area contributed by atoms with Gasteiger partial charge >= 0.3 is 0 Å². The Bertz CT molecular complexity index is 261. The molecule has 1 N–H and O–H groups in total. The van der Waals surface area contributed by atoms with Crippen molar-refractivity contribution in [3.05, 3.63) is 35.9 Å². The third-order valence-corrected chi connectivity index (χ3v) is 2.76. The van der Waals surface area contributed by atoms with E-state index < -0.39 is 0 Å². The van der Waals surface area contributed by atoms with Crippen LogP contribution in [0.15, 0.2) is 30.3 Å². The summed E-state index contributed by atoms with van der Waals surface area (Å²) in [7, 11) is 1.77. The fourth-order valence-electron chi connectivity index (χ4n) is 1.82. The van der Waals surface area contributed by atoms with Crippen molar-refractivity contribution in [3.8, 4) is 0 Å². The van der Waals surface area contributed by atoms with Crippen LogP contribution >= 0.6 is 0 Å². The van der Waals surface area contributed by atoms with Crippen molar-refractivity contribution >= 4 is 0 Å². The third kappa shape index (κ3) is 4.77. The van der Waals surface area contributed by atoms with Crippen molar-refractivity contribution in [3.63, 3.8) is 0 Å². The zero-order valence-electron chi connectivity index (χ0n) is 10.4. The number of nitrogens with one attached hydrogen (secondary N) is 1. The van der Waals surface area contributed by atoms with Crippen molar-refractivity contribution in [1.29, 1.82) is 0 Å². The molecule has 1 atom stereocenters. The van der Waals surface area contributed by atoms with Crippen molar-refractivity contribution in [2.45, 2.75) is 25.7 Å². The van der Waals surface area contributed by atoms with Crippen LogP contribution < -0.4 is 5.32 Å². The summed E-state index contributed by atoms with van der Waals surface area (Å²) in [6, 6.07) is 10.7. The van der Waals surface area contributed by atoms with Gasteiger partial charge in [0.25, 0.3) is 0 Å². The zero-order chi connectivity index (χ0) is 11.6. The second kappa shape index (κ2) is 8.31. The maximum atomic E-state index is 5.17. The SMILES string of the molecule is CCCNCC(CCOC)c1ccccc1. The first kappa shape index (κ1) is 13.2. The molecule has 2 heteroatoms. The molecule has 1 unspecified atom stereocenters. The van der Waals surface area contributed by atoms with Crippen molar-refractivity contribution in [2.24, 2.45) is 0 Å². The largest absolute Gasteiger partial charge is 0.385 e. The minimum absolute atomic E-state index is 0.563. The Hall–Kier alpha value is -0.860. The highest BCUT2D eigenvalue weighted by atomic mass is 16.5. The maximum absolute atomic E-state index is 5.17. The van der Waals surface area contributed by atoms with E-state index >= 15 is 0 Å². The van der Waals surface area contributed by atoms with Gasteiger partial charge in [-0.05, 0) is 30.9 Å². The molecule has 0 amide bonds. The second-order valence-corrected chi connectivity index (χ2v) is 4.09. The van der Waals surface area contributed by atoms with Crippen LogP contribution in [0.5, 0.6) is 0 Å². The molecule has 90 valence electrons. The van der Waals surface area contributed by atoms with Crippen LogP contribution in [0.25, 0.3) is 0 Å². The van der Waals surface area contributed by atoms with Crippen LogP contribution in [-0.2, 0) is 4.74 Å². The molecule has 1 aromatic carbocycles. The molecule has 0 saturated heterocycles. The Morgan fingerprint density at radius 2 is 2.00 bits per heavy atom. The van der Waals surface area contributed by atoms with Crippen molar-refractivity contribution in [2.75, 3.05) is 26.8 Å². The van der Waals surface area contributed by atoms with Crippen molar-refractivity contribution < 1.29 is 4.74 Å². The Kier molecular flexibility index (Phi) is 6.86. The number of benzene rings is 1. The Morgan fingerprint density at radius 3 is 2.62 bits per heavy atom. The lowest BCUT2D eigenvalue weighted by Gasteiger charge is -2.17. The Labute approximate surface area is 99.0 Å². The second-order valence-electron chi connectivity index (χ2n) is 4.09. The summed E-state index contributed by atoms with van der Waals surface area (Å²) in [5, 5.41) is 3.49. The third-order valence-electron chi connectivity index (χ3n) is 2.76. The average Bonchev–Trinajstić information content (AvgIpc) is 2.35. The van der Waals surface area contributed by atoms with Crippen LogP contribution in [0.1, 0.15) is 31.2 Å². The molecule has 2 nitrogen and oxygen atoms in total. The first-order chi connectivity index (χ1) is 7.88. The van der Waals surface area contributed by atoms with Gasteiger partial charge in [-0.25, -0.2) is 0 Å². The summed E-state index contributed by atoms with van der Waals surface area (Å²) in [6.45, 7) is 5.16. The van der Waals surface area contributed by atoms with E-state index in [2.05, 4.69) is 42.6 Å². The quantitative estimate of drug-likeness (QED) is 0.682. The van der Waals surface area contributed by atoms with Crippen molar-refractivity contribution in [1.82, 2.24) is 5.32 Å². The number of rotatable bonds is 8. The highest BCUT2D eigenvalue weighted by molar-refractivity contribution is 5.19. The monoisotopic (exact) mass is 221 g/mol. The lowest BCUT2D eigenvalue weighted by Crippen LogP contribution is -2.23. The highest BCUT2D eigenvalue weighted by Crippen LogP contribution is 2.18. The fraction of sp³-hybridized carbons (Fsp3) is 0.571. The Morgan fingerprint density at radius 1 is 1.25 bits per heavy atom. The summed E-state index contributed by atoms with van der Waals surface area (Å²) in [6.07, 6.45) is 2.27. The van der Waals surface area contributed by atoms with E-state index in [0.717, 1.165) is 26.1 Å². The van der Waals surface area contributed by atoms with Crippen LogP contribution in [-0.4, -0.2) is 26.8 Å². The molecule has 0 heterocycles. The van der Waals surface area contributed by atoms with Gasteiger partial charge in [-0.15, -0.1) is 0 Å². The van der Waals surface area contributed by atoms with Gasteiger partial charge in [-0.1, -0.05) is 37.3 Å². The lowest BCUT2D eigenvalue weighted by atomic mass is 9.96. The molecule has 0 aliphatic heterocycles. The maximum Gasteiger partial charge on any atom is 0.0468 e. The van der Waals surface area contributed by atoms with Gasteiger partial charge in [0.2, 0.25) is 0 Å². The van der Waals surface area contributed by atoms with Crippen LogP contribution in [0.4, 0.5) is 0 Å². The minimum atomic E-state index is 0.563. The van der Waals surface area contributed by atoms with E-state index in [4.69, 9.17) is 4.74 Å². The number of hydrogen-bond donors (Lipinski definition) is 1. The van der Waals surface area contributed by atoms with Gasteiger partial charge in [0.05, 0.1) is 0 Å². The summed E-state index contributed by atoms with van der Waals surface area (Å²) < 4.78 is 5.17. The van der Waals surface area contributed by atoms with E-state index in [-0.39, 0.29) is 0 Å². The summed E-state index contributed by atoms with van der Waals surface area (Å²) in [5.41, 5.74) is 1.41. The molecule has 0 aromatic heterocycles. The van der Waals surface area contributed by atoms with Crippen LogP contribution in [0.3, 0.4) is 0 Å². The smallest absolute Gasteiger partial charge is 0.0468 e. The van der Waals surface area contributed by atoms with Crippen LogP contribution in [0, 0.1) is 0 Å². The lowest BCUT2D eigenvalue weighted by molar-refractivity contribution is 0.187. The molecule has 0 saturated carbocycles. The fourth-order valence-corrected chi connectivity index (χ4v) is 1.82. The Balaban J connectivity index is 2.49. The molecule has 1 rings (SSSR count). The standard InChI is InChI=1S/C14H23NO/c1-3-10-15-12-14(9-11-16-2)13-7-5-4-6-8-13/h4-8,14-15H,3,9-12H2,1-2H3. The van der Waals surface area contributed by atoms with Gasteiger partial charge in [0.15, 0.2) is 0 Å². The van der Waals surface area contributed by atoms with Gasteiger partial charge < -0.3 is 10.1 Å². The predicted octanol–water partition coefficient (Wildman–Crippen LogP) is 2.81. The average molecular weight is 221 g/mol. The van der Waals surface area contributed by atoms with Crippen LogP contribution in [0.2, 0.25) is 0 Å². The molecule has 0 aliphatic carbocycles. The zero-order valence-corrected chi connectivity index (χ0v) is 10.4. The normalized spacial score (nSPS) is 12.6. The molecule has 0 radical (unpaired) electrons. The first-order valence-corrected chi connectivity index (χ1v) is 6.13. The predicted molar refractivity (Wildman–Crippen MR) is 68.8 cm³/mol. The summed E-state index contributed by atoms with van der Waals surface area (Å²) >= 11 is 0. The van der Waals surface area contributed by atoms with E-state index in [1.54, 1.807) is 7.11 Å². The number of ether oxygens (including phenoxy) is 1. The van der Waals surface area contributed by atoms with Gasteiger partial charge in [-0.2, -0.15) is 0 Å². The molecular weight excluding hydrogens is 198 g/mol. The van der Waals surface area contributed by atoms with Gasteiger partial charge in [-0.3, -0.25) is 0 Å². The molecular formula is C14H23NO. The first-order valence-electron chi connectivity index (χ1n) is 6.13. The summed E-state index contributed by atoms with van der Waals surface area (Å²) in [5.74, 6) is 0.563. The molecule has 16 heavy (non-hydrogen) atoms.